The number of aliphatic imine (C=N–C) groups is 2. The molecule has 0 fully saturated rings. The van der Waals surface area contributed by atoms with E-state index in [2.05, 4.69) is 65.6 Å². The van der Waals surface area contributed by atoms with Crippen LogP contribution in [0.15, 0.2) is 93.0 Å². The van der Waals surface area contributed by atoms with Crippen LogP contribution in [0.4, 0.5) is 4.39 Å². The van der Waals surface area contributed by atoms with Gasteiger partial charge < -0.3 is 10.6 Å². The smallest absolute Gasteiger partial charge is 0.251 e. The van der Waals surface area contributed by atoms with Crippen LogP contribution in [0.2, 0.25) is 0 Å². The Kier molecular flexibility index (Phi) is 11.5. The second kappa shape index (κ2) is 14.3. The van der Waals surface area contributed by atoms with E-state index >= 15 is 0 Å². The predicted octanol–water partition coefficient (Wildman–Crippen LogP) is 5.72. The monoisotopic (exact) mass is 484 g/mol. The molecule has 0 aromatic rings. The van der Waals surface area contributed by atoms with E-state index in [0.717, 1.165) is 25.8 Å². The summed E-state index contributed by atoms with van der Waals surface area (Å²) in [6, 6.07) is 0. The molecule has 0 radical (unpaired) electrons. The summed E-state index contributed by atoms with van der Waals surface area (Å²) in [6.45, 7) is 14.3. The van der Waals surface area contributed by atoms with Crippen LogP contribution in [0.3, 0.4) is 0 Å². The lowest BCUT2D eigenvalue weighted by molar-refractivity contribution is -0.117. The van der Waals surface area contributed by atoms with Gasteiger partial charge in [0.05, 0.1) is 0 Å². The number of nitrogens with zero attached hydrogens (tertiary/aromatic N) is 2. The molecule has 182 valence electrons. The lowest BCUT2D eigenvalue weighted by Crippen LogP contribution is -2.27. The highest BCUT2D eigenvalue weighted by Crippen LogP contribution is 2.24. The van der Waals surface area contributed by atoms with Crippen molar-refractivity contribution in [2.45, 2.75) is 32.6 Å². The fourth-order valence-corrected chi connectivity index (χ4v) is 3.81. The summed E-state index contributed by atoms with van der Waals surface area (Å²) in [5.74, 6) is -0.929. The van der Waals surface area contributed by atoms with Crippen molar-refractivity contribution < 1.29 is 9.18 Å². The lowest BCUT2D eigenvalue weighted by Gasteiger charge is -2.14. The minimum atomic E-state index is -0.612. The Bertz CT molecular complexity index is 971. The molecule has 0 spiro atoms. The average Bonchev–Trinajstić information content (AvgIpc) is 3.23. The number of rotatable bonds is 10. The molecule has 5 nitrogen and oxygen atoms in total. The average molecular weight is 485 g/mol. The molecular weight excluding hydrogens is 451 g/mol. The number of nitrogens with one attached hydrogen (secondary N) is 2. The lowest BCUT2D eigenvalue weighted by atomic mass is 9.95. The van der Waals surface area contributed by atoms with Crippen LogP contribution in [-0.4, -0.2) is 38.5 Å². The molecule has 1 amide bonds. The van der Waals surface area contributed by atoms with Crippen molar-refractivity contribution in [3.8, 4) is 0 Å². The molecule has 2 atom stereocenters. The molecule has 0 saturated heterocycles. The van der Waals surface area contributed by atoms with Crippen molar-refractivity contribution in [3.63, 3.8) is 0 Å². The van der Waals surface area contributed by atoms with Crippen molar-refractivity contribution in [2.75, 3.05) is 19.6 Å². The van der Waals surface area contributed by atoms with Gasteiger partial charge in [0.15, 0.2) is 0 Å². The molecule has 0 bridgehead atoms. The summed E-state index contributed by atoms with van der Waals surface area (Å²) >= 11 is 6.11. The maximum Gasteiger partial charge on any atom is 0.251 e. The van der Waals surface area contributed by atoms with E-state index in [9.17, 15) is 9.18 Å². The predicted molar refractivity (Wildman–Crippen MR) is 142 cm³/mol. The first kappa shape index (κ1) is 27.3. The summed E-state index contributed by atoms with van der Waals surface area (Å²) in [4.78, 5) is 21.2. The zero-order chi connectivity index (χ0) is 24.9. The minimum absolute atomic E-state index is 0.0173. The van der Waals surface area contributed by atoms with Crippen molar-refractivity contribution in [1.29, 1.82) is 0 Å². The molecule has 0 aliphatic carbocycles. The number of carbonyl (C=O) groups is 1. The van der Waals surface area contributed by atoms with E-state index < -0.39 is 11.7 Å². The second-order valence-corrected chi connectivity index (χ2v) is 8.70. The molecule has 7 heteroatoms. The quantitative estimate of drug-likeness (QED) is 0.237. The van der Waals surface area contributed by atoms with Crippen LogP contribution in [0.5, 0.6) is 0 Å². The Morgan fingerprint density at radius 2 is 2.24 bits per heavy atom. The van der Waals surface area contributed by atoms with Crippen molar-refractivity contribution >= 4 is 30.4 Å². The summed E-state index contributed by atoms with van der Waals surface area (Å²) < 4.78 is 13.9. The number of amides is 1. The van der Waals surface area contributed by atoms with Crippen LogP contribution in [-0.2, 0) is 4.79 Å². The Hall–Kier alpha value is -2.99. The SMILES string of the molecule is C=N/C(=C\C(=C)C(=O)NC/C(=C/C1CNC=C1Cl)C(=C)F)CC1/C=C/C=C(CC)\C=N/CCC1. The highest BCUT2D eigenvalue weighted by molar-refractivity contribution is 6.30. The molecule has 2 aliphatic rings. The van der Waals surface area contributed by atoms with Gasteiger partial charge >= 0.3 is 0 Å². The highest BCUT2D eigenvalue weighted by atomic mass is 35.5. The van der Waals surface area contributed by atoms with Gasteiger partial charge in [-0.25, -0.2) is 4.39 Å². The topological polar surface area (TPSA) is 65.8 Å². The van der Waals surface area contributed by atoms with Gasteiger partial charge in [-0.05, 0) is 50.0 Å². The molecule has 2 aliphatic heterocycles. The van der Waals surface area contributed by atoms with E-state index in [4.69, 9.17) is 11.6 Å². The zero-order valence-corrected chi connectivity index (χ0v) is 20.6. The van der Waals surface area contributed by atoms with Crippen LogP contribution < -0.4 is 10.6 Å². The molecule has 2 unspecified atom stereocenters. The molecule has 0 saturated carbocycles. The van der Waals surface area contributed by atoms with E-state index in [0.29, 0.717) is 23.7 Å². The third kappa shape index (κ3) is 9.10. The number of allylic oxidation sites excluding steroid dienone is 5. The maximum atomic E-state index is 13.9. The van der Waals surface area contributed by atoms with Crippen molar-refractivity contribution in [2.24, 2.45) is 21.8 Å². The highest BCUT2D eigenvalue weighted by Gasteiger charge is 2.17. The van der Waals surface area contributed by atoms with Crippen LogP contribution in [0.25, 0.3) is 0 Å². The van der Waals surface area contributed by atoms with E-state index in [1.807, 2.05) is 6.21 Å². The van der Waals surface area contributed by atoms with Crippen LogP contribution >= 0.6 is 11.6 Å². The molecule has 34 heavy (non-hydrogen) atoms. The van der Waals surface area contributed by atoms with Gasteiger partial charge in [-0.3, -0.25) is 14.8 Å². The fourth-order valence-electron chi connectivity index (χ4n) is 3.59. The Morgan fingerprint density at radius 3 is 2.88 bits per heavy atom. The summed E-state index contributed by atoms with van der Waals surface area (Å²) in [5, 5.41) is 6.28. The van der Waals surface area contributed by atoms with E-state index in [-0.39, 0.29) is 29.5 Å². The van der Waals surface area contributed by atoms with Gasteiger partial charge in [-0.2, -0.15) is 0 Å². The molecule has 0 aromatic heterocycles. The maximum absolute atomic E-state index is 13.9. The first-order valence-electron chi connectivity index (χ1n) is 11.5. The third-order valence-electron chi connectivity index (χ3n) is 5.65. The normalized spacial score (nSPS) is 24.7. The van der Waals surface area contributed by atoms with E-state index in [1.54, 1.807) is 18.4 Å². The number of hydrogen-bond acceptors (Lipinski definition) is 4. The summed E-state index contributed by atoms with van der Waals surface area (Å²) in [7, 11) is 0. The zero-order valence-electron chi connectivity index (χ0n) is 19.8. The van der Waals surface area contributed by atoms with Gasteiger partial charge in [0.25, 0.3) is 5.91 Å². The molecule has 2 rings (SSSR count). The van der Waals surface area contributed by atoms with E-state index in [1.165, 1.54) is 5.57 Å². The molecule has 0 aromatic carbocycles. The standard InChI is InChI=1S/C27H34ClFN4O/c1-5-21-8-6-9-22(10-7-11-31-15-21)13-25(30-4)12-19(2)27(34)33-17-23(20(3)29)14-24-16-32-18-26(24)28/h6,8-9,12,14-15,18,22,24,32H,2-5,7,10-11,13,16-17H2,1H3,(H,33,34)/b9-6+,21-8-,23-14-,25-12-,31-15-. The second-order valence-electron chi connectivity index (χ2n) is 8.26. The number of carbonyl (C=O) groups excluding carboxylic acids is 1. The molecular formula is C27H34ClFN4O. The third-order valence-corrected chi connectivity index (χ3v) is 6.04. The van der Waals surface area contributed by atoms with Gasteiger partial charge in [-0.15, -0.1) is 0 Å². The summed E-state index contributed by atoms with van der Waals surface area (Å²) in [6.07, 6.45) is 16.7. The molecule has 2 heterocycles. The van der Waals surface area contributed by atoms with Gasteiger partial charge in [-0.1, -0.05) is 56.0 Å². The van der Waals surface area contributed by atoms with Crippen LogP contribution in [0.1, 0.15) is 32.6 Å². The Balaban J connectivity index is 2.00. The Morgan fingerprint density at radius 1 is 1.44 bits per heavy atom. The van der Waals surface area contributed by atoms with Crippen molar-refractivity contribution in [1.82, 2.24) is 10.6 Å². The summed E-state index contributed by atoms with van der Waals surface area (Å²) in [5.41, 5.74) is 2.37. The van der Waals surface area contributed by atoms with Gasteiger partial charge in [0, 0.05) is 59.8 Å². The largest absolute Gasteiger partial charge is 0.389 e. The first-order valence-corrected chi connectivity index (χ1v) is 11.9. The number of halogens is 2. The van der Waals surface area contributed by atoms with Crippen LogP contribution in [0, 0.1) is 11.8 Å². The Labute approximate surface area is 207 Å². The number of hydrogen-bond donors (Lipinski definition) is 2. The van der Waals surface area contributed by atoms with Gasteiger partial charge in [0.1, 0.15) is 5.83 Å². The fraction of sp³-hybridized carbons (Fsp3) is 0.370. The van der Waals surface area contributed by atoms with Gasteiger partial charge in [0.2, 0.25) is 0 Å². The first-order chi connectivity index (χ1) is 16.3. The minimum Gasteiger partial charge on any atom is -0.389 e. The molecule has 2 N–H and O–H groups in total. The van der Waals surface area contributed by atoms with Crippen molar-refractivity contribution in [3.05, 3.63) is 83.0 Å².